The maximum atomic E-state index is 12.9. The van der Waals surface area contributed by atoms with Crippen molar-refractivity contribution in [2.24, 2.45) is 5.92 Å². The zero-order valence-corrected chi connectivity index (χ0v) is 14.3. The Morgan fingerprint density at radius 1 is 1.30 bits per heavy atom. The maximum Gasteiger partial charge on any atom is 0.319 e. The highest BCUT2D eigenvalue weighted by Gasteiger charge is 2.43. The molecule has 1 N–H and O–H groups in total. The van der Waals surface area contributed by atoms with Crippen LogP contribution < -0.4 is 12.4 Å². The molecule has 0 saturated carbocycles. The number of aliphatic hydroxyl groups is 1. The topological polar surface area (TPSA) is 49.8 Å². The minimum Gasteiger partial charge on any atom is -1.00 e. The summed E-state index contributed by atoms with van der Waals surface area (Å²) in [7, 11) is 0. The highest BCUT2D eigenvalue weighted by molar-refractivity contribution is 5.83. The lowest BCUT2D eigenvalue weighted by atomic mass is 9.78. The summed E-state index contributed by atoms with van der Waals surface area (Å²) in [6.07, 6.45) is 2.74. The molecule has 23 heavy (non-hydrogen) atoms. The summed E-state index contributed by atoms with van der Waals surface area (Å²) in [6.45, 7) is 4.80. The third-order valence-electron chi connectivity index (χ3n) is 5.45. The van der Waals surface area contributed by atoms with Gasteiger partial charge in [-0.25, -0.2) is 0 Å². The summed E-state index contributed by atoms with van der Waals surface area (Å²) in [6, 6.07) is 9.52. The van der Waals surface area contributed by atoms with Gasteiger partial charge in [0.2, 0.25) is 0 Å². The molecule has 3 heterocycles. The van der Waals surface area contributed by atoms with Crippen LogP contribution in [0.3, 0.4) is 0 Å². The number of fused-ring (bicyclic) bond motifs is 3. The molecule has 3 saturated heterocycles. The van der Waals surface area contributed by atoms with E-state index < -0.39 is 5.41 Å². The quantitative estimate of drug-likeness (QED) is 0.697. The van der Waals surface area contributed by atoms with Crippen LogP contribution in [-0.2, 0) is 14.9 Å². The SMILES string of the molecule is CCC(CO)(C(=O)OC1CN2CCC1CC2)c1ccccc1.[Cl-]. The van der Waals surface area contributed by atoms with Gasteiger partial charge in [-0.1, -0.05) is 37.3 Å². The van der Waals surface area contributed by atoms with E-state index in [0.29, 0.717) is 12.3 Å². The Balaban J connectivity index is 0.00000192. The van der Waals surface area contributed by atoms with Gasteiger partial charge in [-0.05, 0) is 43.8 Å². The molecule has 5 heteroatoms. The Hall–Kier alpha value is -1.10. The van der Waals surface area contributed by atoms with Gasteiger partial charge in [0.05, 0.1) is 6.61 Å². The van der Waals surface area contributed by atoms with E-state index in [1.807, 2.05) is 37.3 Å². The van der Waals surface area contributed by atoms with Crippen LogP contribution in [-0.4, -0.2) is 48.3 Å². The predicted molar refractivity (Wildman–Crippen MR) is 84.5 cm³/mol. The van der Waals surface area contributed by atoms with Crippen LogP contribution in [0.5, 0.6) is 0 Å². The van der Waals surface area contributed by atoms with Gasteiger partial charge < -0.3 is 22.3 Å². The molecule has 4 rings (SSSR count). The number of aliphatic hydroxyl groups excluding tert-OH is 1. The van der Waals surface area contributed by atoms with E-state index in [9.17, 15) is 9.90 Å². The summed E-state index contributed by atoms with van der Waals surface area (Å²) >= 11 is 0. The Kier molecular flexibility index (Phi) is 6.06. The lowest BCUT2D eigenvalue weighted by molar-refractivity contribution is -0.167. The van der Waals surface area contributed by atoms with Crippen LogP contribution in [0.25, 0.3) is 0 Å². The Bertz CT molecular complexity index is 510. The fourth-order valence-electron chi connectivity index (χ4n) is 3.79. The van der Waals surface area contributed by atoms with Crippen LogP contribution in [0.4, 0.5) is 0 Å². The lowest BCUT2D eigenvalue weighted by Gasteiger charge is -2.45. The van der Waals surface area contributed by atoms with Gasteiger partial charge in [0, 0.05) is 6.54 Å². The van der Waals surface area contributed by atoms with E-state index in [2.05, 4.69) is 4.90 Å². The van der Waals surface area contributed by atoms with Crippen molar-refractivity contribution < 1.29 is 27.0 Å². The number of hydrogen-bond donors (Lipinski definition) is 1. The molecule has 0 aliphatic carbocycles. The molecular formula is C18H25ClNO3-. The van der Waals surface area contributed by atoms with Gasteiger partial charge in [-0.15, -0.1) is 0 Å². The number of halogens is 1. The number of esters is 1. The van der Waals surface area contributed by atoms with E-state index >= 15 is 0 Å². The van der Waals surface area contributed by atoms with Gasteiger partial charge in [-0.3, -0.25) is 9.69 Å². The molecule has 0 amide bonds. The second kappa shape index (κ2) is 7.65. The van der Waals surface area contributed by atoms with Crippen molar-refractivity contribution in [1.82, 2.24) is 4.90 Å². The van der Waals surface area contributed by atoms with Gasteiger partial charge in [-0.2, -0.15) is 0 Å². The van der Waals surface area contributed by atoms with Crippen molar-refractivity contribution in [3.05, 3.63) is 35.9 Å². The standard InChI is InChI=1S/C18H25NO3.ClH/c1-2-18(13-20,15-6-4-3-5-7-15)17(21)22-16-12-19-10-8-14(16)9-11-19;/h3-7,14,16,20H,2,8-13H2,1H3;1H/p-1. The third-order valence-corrected chi connectivity index (χ3v) is 5.45. The summed E-state index contributed by atoms with van der Waals surface area (Å²) in [5, 5.41) is 9.95. The highest BCUT2D eigenvalue weighted by Crippen LogP contribution is 2.34. The van der Waals surface area contributed by atoms with Crippen LogP contribution >= 0.6 is 0 Å². The van der Waals surface area contributed by atoms with Gasteiger partial charge in [0.25, 0.3) is 0 Å². The van der Waals surface area contributed by atoms with Crippen LogP contribution in [0, 0.1) is 5.92 Å². The minimum atomic E-state index is -0.937. The summed E-state index contributed by atoms with van der Waals surface area (Å²) in [5.74, 6) is 0.209. The molecule has 1 aromatic carbocycles. The van der Waals surface area contributed by atoms with E-state index in [-0.39, 0.29) is 31.1 Å². The molecule has 128 valence electrons. The average molecular weight is 339 g/mol. The number of rotatable bonds is 5. The number of piperidine rings is 3. The van der Waals surface area contributed by atoms with Gasteiger partial charge >= 0.3 is 5.97 Å². The second-order valence-electron chi connectivity index (χ2n) is 6.54. The Morgan fingerprint density at radius 2 is 1.96 bits per heavy atom. The first-order valence-electron chi connectivity index (χ1n) is 8.29. The summed E-state index contributed by atoms with van der Waals surface area (Å²) < 4.78 is 5.89. The fraction of sp³-hybridized carbons (Fsp3) is 0.611. The molecule has 0 radical (unpaired) electrons. The highest BCUT2D eigenvalue weighted by atomic mass is 35.5. The molecule has 1 aromatic rings. The van der Waals surface area contributed by atoms with Crippen LogP contribution in [0.15, 0.2) is 30.3 Å². The number of nitrogens with zero attached hydrogens (tertiary/aromatic N) is 1. The van der Waals surface area contributed by atoms with E-state index in [4.69, 9.17) is 4.74 Å². The Morgan fingerprint density at radius 3 is 2.43 bits per heavy atom. The first-order valence-corrected chi connectivity index (χ1v) is 8.29. The van der Waals surface area contributed by atoms with Crippen molar-refractivity contribution in [3.8, 4) is 0 Å². The van der Waals surface area contributed by atoms with Crippen molar-refractivity contribution in [2.75, 3.05) is 26.2 Å². The fourth-order valence-corrected chi connectivity index (χ4v) is 3.79. The monoisotopic (exact) mass is 338 g/mol. The lowest BCUT2D eigenvalue weighted by Crippen LogP contribution is -3.00. The first-order chi connectivity index (χ1) is 10.7. The summed E-state index contributed by atoms with van der Waals surface area (Å²) in [5.41, 5.74) is -0.0981. The zero-order chi connectivity index (χ0) is 15.6. The van der Waals surface area contributed by atoms with Crippen LogP contribution in [0.1, 0.15) is 31.7 Å². The average Bonchev–Trinajstić information content (AvgIpc) is 2.58. The van der Waals surface area contributed by atoms with Crippen molar-refractivity contribution in [1.29, 1.82) is 0 Å². The predicted octanol–water partition coefficient (Wildman–Crippen LogP) is -1.03. The van der Waals surface area contributed by atoms with Crippen molar-refractivity contribution in [3.63, 3.8) is 0 Å². The molecule has 4 nitrogen and oxygen atoms in total. The largest absolute Gasteiger partial charge is 1.00 e. The molecule has 0 spiro atoms. The van der Waals surface area contributed by atoms with Crippen molar-refractivity contribution >= 4 is 5.97 Å². The first kappa shape index (κ1) is 18.2. The third kappa shape index (κ3) is 3.39. The zero-order valence-electron chi connectivity index (χ0n) is 13.6. The summed E-state index contributed by atoms with van der Waals surface area (Å²) in [4.78, 5) is 15.2. The molecule has 2 unspecified atom stereocenters. The molecule has 3 fully saturated rings. The number of ether oxygens (including phenoxy) is 1. The maximum absolute atomic E-state index is 12.9. The van der Waals surface area contributed by atoms with E-state index in [0.717, 1.165) is 38.0 Å². The molecule has 3 aliphatic heterocycles. The Labute approximate surface area is 144 Å². The van der Waals surface area contributed by atoms with Gasteiger partial charge in [0.15, 0.2) is 0 Å². The number of carbonyl (C=O) groups is 1. The molecule has 2 bridgehead atoms. The molecular weight excluding hydrogens is 314 g/mol. The minimum absolute atomic E-state index is 0. The normalized spacial score (nSPS) is 28.5. The number of hydrogen-bond acceptors (Lipinski definition) is 4. The molecule has 0 aromatic heterocycles. The van der Waals surface area contributed by atoms with E-state index in [1.54, 1.807) is 0 Å². The van der Waals surface area contributed by atoms with Gasteiger partial charge in [0.1, 0.15) is 11.5 Å². The van der Waals surface area contributed by atoms with Crippen LogP contribution in [0.2, 0.25) is 0 Å². The number of benzene rings is 1. The number of carbonyl (C=O) groups excluding carboxylic acids is 1. The molecule has 2 atom stereocenters. The second-order valence-corrected chi connectivity index (χ2v) is 6.54. The smallest absolute Gasteiger partial charge is 0.319 e. The van der Waals surface area contributed by atoms with E-state index in [1.165, 1.54) is 0 Å². The molecule has 3 aliphatic rings. The van der Waals surface area contributed by atoms with Crippen molar-refractivity contribution in [2.45, 2.75) is 37.7 Å².